The highest BCUT2D eigenvalue weighted by atomic mass is 32.2. The van der Waals surface area contributed by atoms with Crippen molar-refractivity contribution in [1.29, 1.82) is 0 Å². The van der Waals surface area contributed by atoms with Crippen LogP contribution in [0.4, 0.5) is 0 Å². The number of fused-ring (bicyclic) bond motifs is 1. The van der Waals surface area contributed by atoms with Crippen molar-refractivity contribution >= 4 is 16.0 Å². The third-order valence-electron chi connectivity index (χ3n) is 5.52. The van der Waals surface area contributed by atoms with Gasteiger partial charge in [-0.2, -0.15) is 4.31 Å². The Bertz CT molecular complexity index is 746. The average Bonchev–Trinajstić information content (AvgIpc) is 2.91. The molecule has 6 nitrogen and oxygen atoms in total. The number of benzene rings is 1. The number of aryl methyl sites for hydroxylation is 1. The molecule has 26 heavy (non-hydrogen) atoms. The fourth-order valence-electron chi connectivity index (χ4n) is 4.23. The van der Waals surface area contributed by atoms with E-state index in [0.717, 1.165) is 18.4 Å². The topological polar surface area (TPSA) is 83.9 Å². The number of nitrogens with zero attached hydrogens (tertiary/aromatic N) is 1. The monoisotopic (exact) mass is 381 g/mol. The summed E-state index contributed by atoms with van der Waals surface area (Å²) in [6.07, 6.45) is 2.75. The molecule has 0 aromatic heterocycles. The Balaban J connectivity index is 2.03. The van der Waals surface area contributed by atoms with E-state index in [-0.39, 0.29) is 23.5 Å². The van der Waals surface area contributed by atoms with E-state index >= 15 is 0 Å². The molecule has 144 valence electrons. The molecular formula is C19H27NO5S. The lowest BCUT2D eigenvalue weighted by atomic mass is 9.92. The zero-order valence-electron chi connectivity index (χ0n) is 15.3. The molecule has 0 unspecified atom stereocenters. The molecule has 2 aliphatic rings. The molecule has 0 bridgehead atoms. The van der Waals surface area contributed by atoms with Gasteiger partial charge in [-0.05, 0) is 45.2 Å². The smallest absolute Gasteiger partial charge is 0.324 e. The van der Waals surface area contributed by atoms with Gasteiger partial charge in [-0.15, -0.1) is 0 Å². The van der Waals surface area contributed by atoms with Gasteiger partial charge in [0, 0.05) is 12.0 Å². The van der Waals surface area contributed by atoms with Crippen molar-refractivity contribution in [3.63, 3.8) is 0 Å². The van der Waals surface area contributed by atoms with Crippen molar-refractivity contribution < 1.29 is 23.1 Å². The van der Waals surface area contributed by atoms with Gasteiger partial charge in [0.25, 0.3) is 0 Å². The number of carbonyl (C=O) groups excluding carboxylic acids is 1. The molecule has 1 N–H and O–H groups in total. The second kappa shape index (κ2) is 7.66. The van der Waals surface area contributed by atoms with Crippen LogP contribution in [0.5, 0.6) is 0 Å². The number of aliphatic hydroxyl groups excluding tert-OH is 1. The Hall–Kier alpha value is -1.44. The Morgan fingerprint density at radius 1 is 1.23 bits per heavy atom. The fourth-order valence-corrected chi connectivity index (χ4v) is 6.08. The van der Waals surface area contributed by atoms with E-state index < -0.39 is 28.1 Å². The van der Waals surface area contributed by atoms with Crippen LogP contribution in [-0.4, -0.2) is 48.6 Å². The van der Waals surface area contributed by atoms with E-state index in [9.17, 15) is 18.3 Å². The van der Waals surface area contributed by atoms with E-state index in [1.807, 2.05) is 6.92 Å². The minimum Gasteiger partial charge on any atom is -0.465 e. The Labute approximate surface area is 155 Å². The van der Waals surface area contributed by atoms with Crippen molar-refractivity contribution in [3.8, 4) is 0 Å². The molecule has 3 rings (SSSR count). The lowest BCUT2D eigenvalue weighted by Gasteiger charge is -2.30. The van der Waals surface area contributed by atoms with Crippen molar-refractivity contribution in [2.45, 2.75) is 69.0 Å². The van der Waals surface area contributed by atoms with Crippen LogP contribution >= 0.6 is 0 Å². The first-order valence-corrected chi connectivity index (χ1v) is 10.7. The van der Waals surface area contributed by atoms with Gasteiger partial charge >= 0.3 is 5.97 Å². The molecular weight excluding hydrogens is 354 g/mol. The average molecular weight is 381 g/mol. The predicted molar refractivity (Wildman–Crippen MR) is 97.0 cm³/mol. The first-order valence-electron chi connectivity index (χ1n) is 9.31. The summed E-state index contributed by atoms with van der Waals surface area (Å²) in [6, 6.07) is 5.42. The lowest BCUT2D eigenvalue weighted by Crippen LogP contribution is -2.46. The van der Waals surface area contributed by atoms with Crippen LogP contribution in [0, 0.1) is 12.8 Å². The maximum absolute atomic E-state index is 13.4. The molecule has 0 spiro atoms. The number of rotatable bonds is 4. The maximum Gasteiger partial charge on any atom is 0.324 e. The third kappa shape index (κ3) is 3.52. The van der Waals surface area contributed by atoms with Crippen LogP contribution in [0.15, 0.2) is 29.2 Å². The van der Waals surface area contributed by atoms with Crippen molar-refractivity contribution in [2.24, 2.45) is 5.92 Å². The molecule has 0 radical (unpaired) electrons. The summed E-state index contributed by atoms with van der Waals surface area (Å²) in [4.78, 5) is 12.7. The zero-order valence-corrected chi connectivity index (χ0v) is 16.1. The predicted octanol–water partition coefficient (Wildman–Crippen LogP) is 2.24. The summed E-state index contributed by atoms with van der Waals surface area (Å²) in [5.41, 5.74) is 0.968. The molecule has 7 heteroatoms. The van der Waals surface area contributed by atoms with Crippen molar-refractivity contribution in [1.82, 2.24) is 4.31 Å². The molecule has 1 saturated carbocycles. The molecule has 0 amide bonds. The van der Waals surface area contributed by atoms with Gasteiger partial charge in [0.2, 0.25) is 10.0 Å². The highest BCUT2D eigenvalue weighted by Gasteiger charge is 2.53. The van der Waals surface area contributed by atoms with Crippen LogP contribution in [0.3, 0.4) is 0 Å². The Morgan fingerprint density at radius 2 is 1.88 bits per heavy atom. The molecule has 1 saturated heterocycles. The summed E-state index contributed by atoms with van der Waals surface area (Å²) in [5.74, 6) is -0.754. The second-order valence-electron chi connectivity index (χ2n) is 7.23. The van der Waals surface area contributed by atoms with Gasteiger partial charge in [0.15, 0.2) is 0 Å². The van der Waals surface area contributed by atoms with E-state index in [1.54, 1.807) is 31.2 Å². The van der Waals surface area contributed by atoms with E-state index in [0.29, 0.717) is 19.3 Å². The number of esters is 1. The minimum absolute atomic E-state index is 0.178. The van der Waals surface area contributed by atoms with E-state index in [1.165, 1.54) is 4.31 Å². The van der Waals surface area contributed by atoms with Crippen LogP contribution in [0.25, 0.3) is 0 Å². The van der Waals surface area contributed by atoms with Gasteiger partial charge in [-0.3, -0.25) is 4.79 Å². The van der Waals surface area contributed by atoms with E-state index in [4.69, 9.17) is 4.74 Å². The Kier molecular flexibility index (Phi) is 5.69. The molecule has 1 aromatic rings. The molecule has 1 heterocycles. The largest absolute Gasteiger partial charge is 0.465 e. The third-order valence-corrected chi connectivity index (χ3v) is 7.47. The second-order valence-corrected chi connectivity index (χ2v) is 9.08. The summed E-state index contributed by atoms with van der Waals surface area (Å²) < 4.78 is 33.2. The summed E-state index contributed by atoms with van der Waals surface area (Å²) in [5, 5.41) is 10.5. The summed E-state index contributed by atoms with van der Waals surface area (Å²) in [7, 11) is -3.86. The van der Waals surface area contributed by atoms with Crippen LogP contribution in [0.2, 0.25) is 0 Å². The molecule has 4 atom stereocenters. The number of aliphatic hydroxyl groups is 1. The highest BCUT2D eigenvalue weighted by Crippen LogP contribution is 2.42. The van der Waals surface area contributed by atoms with Crippen LogP contribution < -0.4 is 0 Å². The van der Waals surface area contributed by atoms with Gasteiger partial charge in [0.05, 0.1) is 17.6 Å². The number of hydrogen-bond donors (Lipinski definition) is 1. The van der Waals surface area contributed by atoms with Crippen molar-refractivity contribution in [3.05, 3.63) is 29.8 Å². The number of ether oxygens (including phenoxy) is 1. The molecule has 1 aromatic carbocycles. The van der Waals surface area contributed by atoms with Gasteiger partial charge in [-0.1, -0.05) is 30.5 Å². The van der Waals surface area contributed by atoms with Crippen LogP contribution in [0.1, 0.15) is 44.6 Å². The Morgan fingerprint density at radius 3 is 2.54 bits per heavy atom. The van der Waals surface area contributed by atoms with Gasteiger partial charge in [0.1, 0.15) is 6.04 Å². The SMILES string of the molecule is CCOC(=O)[C@H]1C[C@H]2[C@H](O)CCCC[C@@H]2N1S(=O)(=O)c1ccc(C)cc1. The van der Waals surface area contributed by atoms with Gasteiger partial charge < -0.3 is 9.84 Å². The van der Waals surface area contributed by atoms with Crippen LogP contribution in [-0.2, 0) is 19.6 Å². The fraction of sp³-hybridized carbons (Fsp3) is 0.632. The van der Waals surface area contributed by atoms with Gasteiger partial charge in [-0.25, -0.2) is 8.42 Å². The summed E-state index contributed by atoms with van der Waals surface area (Å²) >= 11 is 0. The van der Waals surface area contributed by atoms with E-state index in [2.05, 4.69) is 0 Å². The number of sulfonamides is 1. The maximum atomic E-state index is 13.4. The van der Waals surface area contributed by atoms with Crippen molar-refractivity contribution in [2.75, 3.05) is 6.61 Å². The first kappa shape index (κ1) is 19.3. The normalized spacial score (nSPS) is 29.8. The molecule has 1 aliphatic heterocycles. The highest BCUT2D eigenvalue weighted by molar-refractivity contribution is 7.89. The zero-order chi connectivity index (χ0) is 18.9. The quantitative estimate of drug-likeness (QED) is 0.809. The molecule has 1 aliphatic carbocycles. The standard InChI is InChI=1S/C19H27NO5S/c1-3-25-19(22)17-12-15-16(6-4-5-7-18(15)21)20(17)26(23,24)14-10-8-13(2)9-11-14/h8-11,15-18,21H,3-7,12H2,1-2H3/t15-,16+,17-,18-/m1/s1. The summed E-state index contributed by atoms with van der Waals surface area (Å²) in [6.45, 7) is 3.80. The number of carbonyl (C=O) groups is 1. The number of hydrogen-bond acceptors (Lipinski definition) is 5. The molecule has 2 fully saturated rings. The lowest BCUT2D eigenvalue weighted by molar-refractivity contribution is -0.147. The minimum atomic E-state index is -3.86. The first-order chi connectivity index (χ1) is 12.4.